The number of nitrogens with zero attached hydrogens (tertiary/aromatic N) is 1. The van der Waals surface area contributed by atoms with Crippen molar-refractivity contribution in [2.45, 2.75) is 24.0 Å². The Morgan fingerprint density at radius 2 is 1.69 bits per heavy atom. The summed E-state index contributed by atoms with van der Waals surface area (Å²) < 4.78 is 33.7. The number of ether oxygens (including phenoxy) is 1. The number of thioether (sulfide) groups is 1. The van der Waals surface area contributed by atoms with Crippen LogP contribution in [0.1, 0.15) is 18.9 Å². The fourth-order valence-electron chi connectivity index (χ4n) is 3.35. The van der Waals surface area contributed by atoms with Crippen molar-refractivity contribution in [3.63, 3.8) is 0 Å². The van der Waals surface area contributed by atoms with Gasteiger partial charge in [0.25, 0.3) is 10.0 Å². The van der Waals surface area contributed by atoms with Crippen molar-refractivity contribution in [3.05, 3.63) is 89.4 Å². The second-order valence-corrected chi connectivity index (χ2v) is 10.9. The van der Waals surface area contributed by atoms with Gasteiger partial charge in [-0.1, -0.05) is 60.1 Å². The highest BCUT2D eigenvalue weighted by Gasteiger charge is 2.29. The van der Waals surface area contributed by atoms with Gasteiger partial charge in [-0.2, -0.15) is 11.8 Å². The van der Waals surface area contributed by atoms with Crippen molar-refractivity contribution in [1.82, 2.24) is 5.32 Å². The number of hydrogen-bond donors (Lipinski definition) is 1. The highest BCUT2D eigenvalue weighted by molar-refractivity contribution is 7.98. The molecule has 3 rings (SSSR count). The largest absolute Gasteiger partial charge is 0.492 e. The number of anilines is 1. The maximum Gasteiger partial charge on any atom is 0.264 e. The van der Waals surface area contributed by atoms with Crippen LogP contribution < -0.4 is 14.4 Å². The number of amides is 1. The summed E-state index contributed by atoms with van der Waals surface area (Å²) in [7, 11) is -3.99. The van der Waals surface area contributed by atoms with E-state index < -0.39 is 10.0 Å². The Hall–Kier alpha value is -2.68. The molecule has 0 aliphatic carbocycles. The van der Waals surface area contributed by atoms with E-state index in [0.29, 0.717) is 24.6 Å². The Bertz CT molecular complexity index is 1210. The van der Waals surface area contributed by atoms with E-state index in [-0.39, 0.29) is 17.3 Å². The number of hydrogen-bond acceptors (Lipinski definition) is 5. The Morgan fingerprint density at radius 1 is 1.00 bits per heavy atom. The lowest BCUT2D eigenvalue weighted by atomic mass is 10.2. The third-order valence-corrected chi connectivity index (χ3v) is 8.29. The number of nitrogens with one attached hydrogen (secondary N) is 1. The van der Waals surface area contributed by atoms with Crippen molar-refractivity contribution < 1.29 is 17.9 Å². The van der Waals surface area contributed by atoms with Gasteiger partial charge in [0.1, 0.15) is 12.3 Å². The molecule has 1 amide bonds. The summed E-state index contributed by atoms with van der Waals surface area (Å²) in [5, 5.41) is 3.59. The summed E-state index contributed by atoms with van der Waals surface area (Å²) >= 11 is 7.92. The van der Waals surface area contributed by atoms with Gasteiger partial charge >= 0.3 is 0 Å². The molecule has 3 aromatic carbocycles. The monoisotopic (exact) mass is 532 g/mol. The lowest BCUT2D eigenvalue weighted by Crippen LogP contribution is -2.41. The topological polar surface area (TPSA) is 75.7 Å². The Morgan fingerprint density at radius 3 is 2.43 bits per heavy atom. The third-order valence-electron chi connectivity index (χ3n) is 5.06. The molecule has 0 radical (unpaired) electrons. The van der Waals surface area contributed by atoms with Crippen LogP contribution in [0.5, 0.6) is 5.75 Å². The maximum absolute atomic E-state index is 13.5. The molecule has 0 fully saturated rings. The van der Waals surface area contributed by atoms with Gasteiger partial charge in [0.15, 0.2) is 0 Å². The summed E-state index contributed by atoms with van der Waals surface area (Å²) in [4.78, 5) is 12.9. The van der Waals surface area contributed by atoms with Crippen LogP contribution in [-0.2, 0) is 20.6 Å². The zero-order valence-electron chi connectivity index (χ0n) is 19.5. The van der Waals surface area contributed by atoms with E-state index in [1.165, 1.54) is 12.1 Å². The van der Waals surface area contributed by atoms with Crippen LogP contribution in [0.25, 0.3) is 0 Å². The molecule has 0 aliphatic heterocycles. The van der Waals surface area contributed by atoms with E-state index >= 15 is 0 Å². The zero-order chi connectivity index (χ0) is 25.1. The summed E-state index contributed by atoms with van der Waals surface area (Å²) in [6.07, 6.45) is 0.752. The minimum atomic E-state index is -3.99. The second kappa shape index (κ2) is 13.4. The van der Waals surface area contributed by atoms with Gasteiger partial charge in [-0.25, -0.2) is 8.42 Å². The minimum Gasteiger partial charge on any atom is -0.492 e. The van der Waals surface area contributed by atoms with Crippen LogP contribution in [0.2, 0.25) is 5.02 Å². The fraction of sp³-hybridized carbons (Fsp3) is 0.269. The van der Waals surface area contributed by atoms with E-state index in [1.807, 2.05) is 31.2 Å². The number of sulfonamides is 1. The molecule has 9 heteroatoms. The number of carbonyl (C=O) groups is 1. The molecule has 0 atom stereocenters. The van der Waals surface area contributed by atoms with Crippen LogP contribution in [0.15, 0.2) is 83.8 Å². The molecule has 186 valence electrons. The molecule has 1 N–H and O–H groups in total. The van der Waals surface area contributed by atoms with Crippen molar-refractivity contribution in [1.29, 1.82) is 0 Å². The number of benzene rings is 3. The summed E-state index contributed by atoms with van der Waals surface area (Å²) in [6.45, 7) is 2.28. The highest BCUT2D eigenvalue weighted by atomic mass is 35.5. The molecule has 0 unspecified atom stereocenters. The van der Waals surface area contributed by atoms with Crippen molar-refractivity contribution in [3.8, 4) is 5.75 Å². The number of para-hydroxylation sites is 2. The predicted octanol–water partition coefficient (Wildman–Crippen LogP) is 5.37. The van der Waals surface area contributed by atoms with Gasteiger partial charge in [0.05, 0.1) is 17.2 Å². The van der Waals surface area contributed by atoms with E-state index in [0.717, 1.165) is 32.8 Å². The molecule has 6 nitrogen and oxygen atoms in total. The molecular weight excluding hydrogens is 504 g/mol. The molecule has 0 spiro atoms. The van der Waals surface area contributed by atoms with Crippen LogP contribution in [0.4, 0.5) is 5.69 Å². The average Bonchev–Trinajstić information content (AvgIpc) is 2.87. The van der Waals surface area contributed by atoms with Crippen LogP contribution in [-0.4, -0.2) is 39.8 Å². The van der Waals surface area contributed by atoms with Crippen LogP contribution >= 0.6 is 23.4 Å². The van der Waals surface area contributed by atoms with Crippen molar-refractivity contribution in [2.24, 2.45) is 0 Å². The molecule has 0 saturated heterocycles. The molecule has 0 aromatic heterocycles. The molecule has 0 heterocycles. The first kappa shape index (κ1) is 26.9. The molecule has 0 saturated carbocycles. The number of carbonyl (C=O) groups excluding carboxylic acids is 1. The smallest absolute Gasteiger partial charge is 0.264 e. The predicted molar refractivity (Wildman–Crippen MR) is 144 cm³/mol. The molecular formula is C26H29ClN2O4S2. The van der Waals surface area contributed by atoms with E-state index in [2.05, 4.69) is 5.32 Å². The minimum absolute atomic E-state index is 0.107. The Kier molecular flexibility index (Phi) is 10.3. The highest BCUT2D eigenvalue weighted by Crippen LogP contribution is 2.32. The SMILES string of the molecule is CCOc1ccccc1N(CC(=O)NCCCSCc1ccccc1Cl)S(=O)(=O)c1ccccc1. The van der Waals surface area contributed by atoms with E-state index in [9.17, 15) is 13.2 Å². The average molecular weight is 533 g/mol. The summed E-state index contributed by atoms with van der Waals surface area (Å²) in [5.74, 6) is 1.65. The fourth-order valence-corrected chi connectivity index (χ4v) is 6.04. The van der Waals surface area contributed by atoms with Gasteiger partial charge < -0.3 is 10.1 Å². The lowest BCUT2D eigenvalue weighted by Gasteiger charge is -2.26. The van der Waals surface area contributed by atoms with Gasteiger partial charge in [0, 0.05) is 17.3 Å². The van der Waals surface area contributed by atoms with E-state index in [4.69, 9.17) is 16.3 Å². The van der Waals surface area contributed by atoms with Crippen molar-refractivity contribution in [2.75, 3.05) is 29.8 Å². The quantitative estimate of drug-likeness (QED) is 0.299. The Labute approximate surface area is 216 Å². The number of rotatable bonds is 13. The number of halogens is 1. The zero-order valence-corrected chi connectivity index (χ0v) is 21.9. The van der Waals surface area contributed by atoms with Crippen LogP contribution in [0, 0.1) is 0 Å². The maximum atomic E-state index is 13.5. The summed E-state index contributed by atoms with van der Waals surface area (Å²) in [6, 6.07) is 22.6. The molecule has 0 bridgehead atoms. The second-order valence-electron chi connectivity index (χ2n) is 7.57. The molecule has 35 heavy (non-hydrogen) atoms. The first-order valence-corrected chi connectivity index (χ1v) is 14.3. The van der Waals surface area contributed by atoms with E-state index in [1.54, 1.807) is 54.2 Å². The first-order chi connectivity index (χ1) is 16.9. The van der Waals surface area contributed by atoms with Gasteiger partial charge in [-0.3, -0.25) is 9.10 Å². The first-order valence-electron chi connectivity index (χ1n) is 11.3. The van der Waals surface area contributed by atoms with Crippen LogP contribution in [0.3, 0.4) is 0 Å². The van der Waals surface area contributed by atoms with Gasteiger partial charge in [0.2, 0.25) is 5.91 Å². The standard InChI is InChI=1S/C26H29ClN2O4S2/c1-2-33-25-16-9-8-15-24(25)29(35(31,32)22-12-4-3-5-13-22)19-26(30)28-17-10-18-34-20-21-11-6-7-14-23(21)27/h3-9,11-16H,2,10,17-20H2,1H3,(H,28,30). The third kappa shape index (κ3) is 7.65. The normalized spacial score (nSPS) is 11.1. The Balaban J connectivity index is 1.63. The lowest BCUT2D eigenvalue weighted by molar-refractivity contribution is -0.119. The molecule has 3 aromatic rings. The summed E-state index contributed by atoms with van der Waals surface area (Å²) in [5.41, 5.74) is 1.40. The van der Waals surface area contributed by atoms with Gasteiger partial charge in [-0.05, 0) is 55.0 Å². The van der Waals surface area contributed by atoms with Crippen molar-refractivity contribution >= 4 is 45.0 Å². The van der Waals surface area contributed by atoms with Gasteiger partial charge in [-0.15, -0.1) is 0 Å². The molecule has 0 aliphatic rings.